The third kappa shape index (κ3) is 4.46. The van der Waals surface area contributed by atoms with E-state index >= 15 is 0 Å². The maximum absolute atomic E-state index is 12.1. The molecule has 0 aromatic heterocycles. The van der Waals surface area contributed by atoms with Gasteiger partial charge in [-0.1, -0.05) is 18.2 Å². The van der Waals surface area contributed by atoms with Crippen LogP contribution in [0.3, 0.4) is 0 Å². The van der Waals surface area contributed by atoms with Gasteiger partial charge in [-0.15, -0.1) is 0 Å². The molecule has 1 fully saturated rings. The summed E-state index contributed by atoms with van der Waals surface area (Å²) in [5, 5.41) is 8.87. The Morgan fingerprint density at radius 3 is 2.59 bits per heavy atom. The van der Waals surface area contributed by atoms with Crippen LogP contribution in [0.15, 0.2) is 30.3 Å². The summed E-state index contributed by atoms with van der Waals surface area (Å²) in [5.41, 5.74) is 0. The smallest absolute Gasteiger partial charge is 0.332 e. The Kier molecular flexibility index (Phi) is 5.77. The number of ether oxygens (including phenoxy) is 2. The van der Waals surface area contributed by atoms with Crippen molar-refractivity contribution in [3.8, 4) is 5.75 Å². The van der Waals surface area contributed by atoms with Gasteiger partial charge in [0, 0.05) is 13.6 Å². The summed E-state index contributed by atoms with van der Waals surface area (Å²) in [5.74, 6) is -0.363. The number of carboxylic acids is 1. The SMILES string of the molecule is CN(CCCOc1ccccc1)C(=O)[C@@H]1CC[C@H](C(=O)O)O1. The molecule has 1 heterocycles. The van der Waals surface area contributed by atoms with E-state index in [0.29, 0.717) is 32.4 Å². The monoisotopic (exact) mass is 307 g/mol. The van der Waals surface area contributed by atoms with Gasteiger partial charge in [-0.25, -0.2) is 4.79 Å². The highest BCUT2D eigenvalue weighted by atomic mass is 16.5. The quantitative estimate of drug-likeness (QED) is 0.773. The van der Waals surface area contributed by atoms with Gasteiger partial charge in [0.2, 0.25) is 0 Å². The number of carbonyl (C=O) groups excluding carboxylic acids is 1. The molecule has 1 aliphatic heterocycles. The van der Waals surface area contributed by atoms with E-state index in [1.165, 1.54) is 0 Å². The molecule has 2 atom stereocenters. The van der Waals surface area contributed by atoms with Gasteiger partial charge >= 0.3 is 5.97 Å². The number of hydrogen-bond donors (Lipinski definition) is 1. The maximum atomic E-state index is 12.1. The number of benzene rings is 1. The van der Waals surface area contributed by atoms with Crippen LogP contribution in [0, 0.1) is 0 Å². The minimum Gasteiger partial charge on any atom is -0.494 e. The molecule has 1 amide bonds. The number of aliphatic carboxylic acids is 1. The van der Waals surface area contributed by atoms with Crippen molar-refractivity contribution < 1.29 is 24.2 Å². The minimum absolute atomic E-state index is 0.163. The predicted molar refractivity (Wildman–Crippen MR) is 79.7 cm³/mol. The van der Waals surface area contributed by atoms with E-state index in [1.54, 1.807) is 11.9 Å². The third-order valence-electron chi connectivity index (χ3n) is 3.60. The highest BCUT2D eigenvalue weighted by Gasteiger charge is 2.35. The first-order valence-corrected chi connectivity index (χ1v) is 7.39. The Morgan fingerprint density at radius 1 is 1.27 bits per heavy atom. The minimum atomic E-state index is -1.01. The second-order valence-corrected chi connectivity index (χ2v) is 5.30. The van der Waals surface area contributed by atoms with Crippen molar-refractivity contribution in [2.45, 2.75) is 31.5 Å². The van der Waals surface area contributed by atoms with Crippen LogP contribution in [0.2, 0.25) is 0 Å². The molecule has 0 bridgehead atoms. The Labute approximate surface area is 129 Å². The van der Waals surface area contributed by atoms with E-state index < -0.39 is 18.2 Å². The summed E-state index contributed by atoms with van der Waals surface area (Å²) in [6, 6.07) is 9.49. The van der Waals surface area contributed by atoms with Gasteiger partial charge in [-0.05, 0) is 31.4 Å². The first-order valence-electron chi connectivity index (χ1n) is 7.39. The normalized spacial score (nSPS) is 20.6. The second kappa shape index (κ2) is 7.79. The number of hydrogen-bond acceptors (Lipinski definition) is 4. The number of para-hydroxylation sites is 1. The fourth-order valence-corrected chi connectivity index (χ4v) is 2.36. The molecule has 0 spiro atoms. The molecule has 1 aromatic rings. The summed E-state index contributed by atoms with van der Waals surface area (Å²) in [7, 11) is 1.70. The van der Waals surface area contributed by atoms with Crippen molar-refractivity contribution in [3.63, 3.8) is 0 Å². The van der Waals surface area contributed by atoms with Gasteiger partial charge in [-0.3, -0.25) is 4.79 Å². The Hall–Kier alpha value is -2.08. The van der Waals surface area contributed by atoms with Crippen molar-refractivity contribution >= 4 is 11.9 Å². The zero-order chi connectivity index (χ0) is 15.9. The lowest BCUT2D eigenvalue weighted by Gasteiger charge is -2.21. The number of nitrogens with zero attached hydrogens (tertiary/aromatic N) is 1. The molecule has 22 heavy (non-hydrogen) atoms. The molecular weight excluding hydrogens is 286 g/mol. The average Bonchev–Trinajstić information content (AvgIpc) is 3.02. The van der Waals surface area contributed by atoms with Crippen LogP contribution in [0.5, 0.6) is 5.75 Å². The predicted octanol–water partition coefficient (Wildman–Crippen LogP) is 1.55. The van der Waals surface area contributed by atoms with E-state index in [9.17, 15) is 9.59 Å². The first kappa shape index (κ1) is 16.3. The molecule has 6 heteroatoms. The lowest BCUT2D eigenvalue weighted by molar-refractivity contribution is -0.154. The third-order valence-corrected chi connectivity index (χ3v) is 3.60. The summed E-state index contributed by atoms with van der Waals surface area (Å²) in [6.07, 6.45) is 0.0497. The van der Waals surface area contributed by atoms with Crippen molar-refractivity contribution in [1.82, 2.24) is 4.90 Å². The van der Waals surface area contributed by atoms with Crippen molar-refractivity contribution in [3.05, 3.63) is 30.3 Å². The van der Waals surface area contributed by atoms with E-state index in [0.717, 1.165) is 5.75 Å². The molecule has 2 rings (SSSR count). The Bertz CT molecular complexity index is 505. The first-order chi connectivity index (χ1) is 10.6. The zero-order valence-electron chi connectivity index (χ0n) is 12.6. The van der Waals surface area contributed by atoms with Crippen LogP contribution in [0.1, 0.15) is 19.3 Å². The van der Waals surface area contributed by atoms with Crippen LogP contribution in [-0.2, 0) is 14.3 Å². The average molecular weight is 307 g/mol. The summed E-state index contributed by atoms with van der Waals surface area (Å²) >= 11 is 0. The molecule has 1 aromatic carbocycles. The summed E-state index contributed by atoms with van der Waals surface area (Å²) in [4.78, 5) is 24.5. The molecule has 1 N–H and O–H groups in total. The van der Waals surface area contributed by atoms with Crippen LogP contribution in [-0.4, -0.2) is 54.3 Å². The number of likely N-dealkylation sites (N-methyl/N-ethyl adjacent to an activating group) is 1. The van der Waals surface area contributed by atoms with E-state index in [-0.39, 0.29) is 5.91 Å². The van der Waals surface area contributed by atoms with Crippen molar-refractivity contribution in [1.29, 1.82) is 0 Å². The largest absolute Gasteiger partial charge is 0.494 e. The molecule has 1 saturated heterocycles. The fourth-order valence-electron chi connectivity index (χ4n) is 2.36. The molecule has 0 radical (unpaired) electrons. The fraction of sp³-hybridized carbons (Fsp3) is 0.500. The van der Waals surface area contributed by atoms with E-state index in [4.69, 9.17) is 14.6 Å². The van der Waals surface area contributed by atoms with Crippen LogP contribution in [0.25, 0.3) is 0 Å². The van der Waals surface area contributed by atoms with E-state index in [1.807, 2.05) is 30.3 Å². The molecular formula is C16H21NO5. The molecule has 1 aliphatic rings. The maximum Gasteiger partial charge on any atom is 0.332 e. The lowest BCUT2D eigenvalue weighted by Crippen LogP contribution is -2.38. The van der Waals surface area contributed by atoms with Crippen LogP contribution in [0.4, 0.5) is 0 Å². The van der Waals surface area contributed by atoms with E-state index in [2.05, 4.69) is 0 Å². The molecule has 6 nitrogen and oxygen atoms in total. The zero-order valence-corrected chi connectivity index (χ0v) is 12.6. The van der Waals surface area contributed by atoms with Gasteiger partial charge in [-0.2, -0.15) is 0 Å². The second-order valence-electron chi connectivity index (χ2n) is 5.30. The van der Waals surface area contributed by atoms with Crippen molar-refractivity contribution in [2.75, 3.05) is 20.2 Å². The summed E-state index contributed by atoms with van der Waals surface area (Å²) in [6.45, 7) is 1.06. The molecule has 0 aliphatic carbocycles. The van der Waals surface area contributed by atoms with Crippen LogP contribution < -0.4 is 4.74 Å². The standard InChI is InChI=1S/C16H21NO5/c1-17(10-5-11-21-12-6-3-2-4-7-12)15(18)13-8-9-14(22-13)16(19)20/h2-4,6-7,13-14H,5,8-11H2,1H3,(H,19,20)/t13-,14+/m0/s1. The topological polar surface area (TPSA) is 76.1 Å². The molecule has 120 valence electrons. The highest BCUT2D eigenvalue weighted by molar-refractivity contribution is 5.82. The summed E-state index contributed by atoms with van der Waals surface area (Å²) < 4.78 is 10.8. The highest BCUT2D eigenvalue weighted by Crippen LogP contribution is 2.21. The molecule has 0 unspecified atom stereocenters. The van der Waals surface area contributed by atoms with Crippen LogP contribution >= 0.6 is 0 Å². The van der Waals surface area contributed by atoms with Gasteiger partial charge in [0.15, 0.2) is 6.10 Å². The van der Waals surface area contributed by atoms with Gasteiger partial charge in [0.25, 0.3) is 5.91 Å². The Morgan fingerprint density at radius 2 is 1.95 bits per heavy atom. The van der Waals surface area contributed by atoms with Gasteiger partial charge in [0.1, 0.15) is 11.9 Å². The number of rotatable bonds is 7. The number of carbonyl (C=O) groups is 2. The molecule has 0 saturated carbocycles. The number of amides is 1. The van der Waals surface area contributed by atoms with Crippen molar-refractivity contribution in [2.24, 2.45) is 0 Å². The Balaban J connectivity index is 1.67. The van der Waals surface area contributed by atoms with Gasteiger partial charge < -0.3 is 19.5 Å². The van der Waals surface area contributed by atoms with Gasteiger partial charge in [0.05, 0.1) is 6.61 Å². The number of carboxylic acid groups (broad SMARTS) is 1. The lowest BCUT2D eigenvalue weighted by atomic mass is 10.2.